The number of aromatic amines is 1. The van der Waals surface area contributed by atoms with Crippen molar-refractivity contribution in [1.82, 2.24) is 19.5 Å². The Morgan fingerprint density at radius 1 is 1.20 bits per heavy atom. The fourth-order valence-electron chi connectivity index (χ4n) is 3.53. The van der Waals surface area contributed by atoms with E-state index in [1.165, 1.54) is 35.0 Å². The maximum Gasteiger partial charge on any atom is 0.126 e. The Bertz CT molecular complexity index is 1080. The van der Waals surface area contributed by atoms with Crippen LogP contribution in [0.25, 0.3) is 33.2 Å². The first kappa shape index (κ1) is 14.5. The number of nitrogens with one attached hydrogen (secondary N) is 2. The lowest BCUT2D eigenvalue weighted by molar-refractivity contribution is 0.883. The second kappa shape index (κ2) is 5.34. The van der Waals surface area contributed by atoms with Crippen molar-refractivity contribution in [3.05, 3.63) is 42.4 Å². The number of benzene rings is 1. The van der Waals surface area contributed by atoms with E-state index in [2.05, 4.69) is 63.1 Å². The first-order valence-electron chi connectivity index (χ1n) is 8.82. The van der Waals surface area contributed by atoms with Crippen molar-refractivity contribution in [3.8, 4) is 11.3 Å². The summed E-state index contributed by atoms with van der Waals surface area (Å²) in [5, 5.41) is 4.68. The molecule has 1 aliphatic rings. The van der Waals surface area contributed by atoms with E-state index in [9.17, 15) is 0 Å². The molecule has 5 rings (SSSR count). The molecule has 0 saturated heterocycles. The summed E-state index contributed by atoms with van der Waals surface area (Å²) in [5.74, 6) is 1.81. The van der Waals surface area contributed by atoms with Crippen LogP contribution in [0.4, 0.5) is 5.82 Å². The van der Waals surface area contributed by atoms with Crippen LogP contribution in [-0.4, -0.2) is 26.1 Å². The predicted octanol–water partition coefficient (Wildman–Crippen LogP) is 4.25. The third-order valence-corrected chi connectivity index (χ3v) is 5.24. The molecule has 0 amide bonds. The summed E-state index contributed by atoms with van der Waals surface area (Å²) >= 11 is 0. The standard InChI is InChI=1S/C20H21N5/c1-12-5-16-17(24-11-23-16)8-15(12)18-6-14-7-20(21-9-13-3-4-13)22-10-19(14)25(18)2/h5-8,10-11,13H,3-4,9H2,1-2H3,(H,21,22)(H,23,24). The van der Waals surface area contributed by atoms with Crippen LogP contribution in [0.15, 0.2) is 36.8 Å². The second-order valence-corrected chi connectivity index (χ2v) is 7.13. The highest BCUT2D eigenvalue weighted by molar-refractivity contribution is 5.91. The fourth-order valence-corrected chi connectivity index (χ4v) is 3.53. The molecule has 0 radical (unpaired) electrons. The molecule has 1 fully saturated rings. The number of imidazole rings is 1. The van der Waals surface area contributed by atoms with Gasteiger partial charge in [-0.05, 0) is 55.5 Å². The number of aryl methyl sites for hydroxylation is 2. The van der Waals surface area contributed by atoms with Gasteiger partial charge < -0.3 is 14.9 Å². The van der Waals surface area contributed by atoms with Gasteiger partial charge in [-0.15, -0.1) is 0 Å². The summed E-state index contributed by atoms with van der Waals surface area (Å²) in [5.41, 5.74) is 6.87. The van der Waals surface area contributed by atoms with Crippen LogP contribution in [0.1, 0.15) is 18.4 Å². The summed E-state index contributed by atoms with van der Waals surface area (Å²) < 4.78 is 2.22. The third kappa shape index (κ3) is 2.47. The first-order chi connectivity index (χ1) is 12.2. The van der Waals surface area contributed by atoms with Gasteiger partial charge in [0.25, 0.3) is 0 Å². The summed E-state index contributed by atoms with van der Waals surface area (Å²) in [6, 6.07) is 8.73. The molecular formula is C20H21N5. The molecule has 0 bridgehead atoms. The maximum absolute atomic E-state index is 4.59. The molecule has 5 nitrogen and oxygen atoms in total. The molecule has 3 aromatic heterocycles. The smallest absolute Gasteiger partial charge is 0.126 e. The molecule has 25 heavy (non-hydrogen) atoms. The molecule has 4 aromatic rings. The topological polar surface area (TPSA) is 58.5 Å². The van der Waals surface area contributed by atoms with Crippen LogP contribution in [0.2, 0.25) is 0 Å². The van der Waals surface area contributed by atoms with Crippen LogP contribution < -0.4 is 5.32 Å². The minimum atomic E-state index is 0.840. The number of anilines is 1. The quantitative estimate of drug-likeness (QED) is 0.588. The molecule has 0 atom stereocenters. The molecule has 1 aromatic carbocycles. The molecule has 5 heteroatoms. The molecule has 0 spiro atoms. The number of hydrogen-bond acceptors (Lipinski definition) is 3. The summed E-state index contributed by atoms with van der Waals surface area (Å²) in [6.07, 6.45) is 6.41. The van der Waals surface area contributed by atoms with Gasteiger partial charge in [-0.25, -0.2) is 9.97 Å². The minimum Gasteiger partial charge on any atom is -0.370 e. The van der Waals surface area contributed by atoms with Gasteiger partial charge in [0.05, 0.1) is 29.1 Å². The Morgan fingerprint density at radius 2 is 2.08 bits per heavy atom. The second-order valence-electron chi connectivity index (χ2n) is 7.13. The van der Waals surface area contributed by atoms with E-state index in [0.717, 1.165) is 34.8 Å². The van der Waals surface area contributed by atoms with E-state index in [1.807, 2.05) is 6.20 Å². The zero-order valence-corrected chi connectivity index (χ0v) is 14.5. The molecule has 126 valence electrons. The van der Waals surface area contributed by atoms with Gasteiger partial charge in [-0.2, -0.15) is 0 Å². The van der Waals surface area contributed by atoms with Gasteiger partial charge in [0, 0.05) is 30.2 Å². The van der Waals surface area contributed by atoms with Crippen molar-refractivity contribution in [1.29, 1.82) is 0 Å². The Morgan fingerprint density at radius 3 is 2.92 bits per heavy atom. The highest BCUT2D eigenvalue weighted by Gasteiger charge is 2.21. The fraction of sp³-hybridized carbons (Fsp3) is 0.300. The van der Waals surface area contributed by atoms with Gasteiger partial charge in [0.15, 0.2) is 0 Å². The van der Waals surface area contributed by atoms with E-state index in [1.54, 1.807) is 6.33 Å². The van der Waals surface area contributed by atoms with E-state index in [4.69, 9.17) is 0 Å². The van der Waals surface area contributed by atoms with Crippen molar-refractivity contribution < 1.29 is 0 Å². The number of fused-ring (bicyclic) bond motifs is 2. The van der Waals surface area contributed by atoms with Crippen LogP contribution >= 0.6 is 0 Å². The van der Waals surface area contributed by atoms with Gasteiger partial charge in [-0.1, -0.05) is 0 Å². The Labute approximate surface area is 146 Å². The average Bonchev–Trinajstić information content (AvgIpc) is 3.24. The SMILES string of the molecule is Cc1cc2[nH]cnc2cc1-c1cc2cc(NCC3CC3)ncc2n1C. The molecule has 1 aliphatic carbocycles. The monoisotopic (exact) mass is 331 g/mol. The summed E-state index contributed by atoms with van der Waals surface area (Å²) in [4.78, 5) is 12.2. The van der Waals surface area contributed by atoms with Crippen LogP contribution in [0, 0.1) is 12.8 Å². The zero-order chi connectivity index (χ0) is 17.0. The van der Waals surface area contributed by atoms with Crippen molar-refractivity contribution in [3.63, 3.8) is 0 Å². The van der Waals surface area contributed by atoms with Crippen LogP contribution in [0.5, 0.6) is 0 Å². The van der Waals surface area contributed by atoms with Crippen LogP contribution in [-0.2, 0) is 7.05 Å². The number of pyridine rings is 1. The van der Waals surface area contributed by atoms with Crippen molar-refractivity contribution in [2.75, 3.05) is 11.9 Å². The molecule has 0 aliphatic heterocycles. The first-order valence-corrected chi connectivity index (χ1v) is 8.82. The summed E-state index contributed by atoms with van der Waals surface area (Å²) in [7, 11) is 2.10. The van der Waals surface area contributed by atoms with Gasteiger partial charge in [0.2, 0.25) is 0 Å². The molecular weight excluding hydrogens is 310 g/mol. The van der Waals surface area contributed by atoms with E-state index in [-0.39, 0.29) is 0 Å². The van der Waals surface area contributed by atoms with Gasteiger partial charge in [0.1, 0.15) is 5.82 Å². The average molecular weight is 331 g/mol. The van der Waals surface area contributed by atoms with E-state index >= 15 is 0 Å². The molecule has 3 heterocycles. The van der Waals surface area contributed by atoms with Crippen molar-refractivity contribution in [2.24, 2.45) is 13.0 Å². The number of aromatic nitrogens is 4. The Balaban J connectivity index is 1.59. The predicted molar refractivity (Wildman–Crippen MR) is 102 cm³/mol. The Kier molecular flexibility index (Phi) is 3.10. The number of hydrogen-bond donors (Lipinski definition) is 2. The molecule has 2 N–H and O–H groups in total. The highest BCUT2D eigenvalue weighted by atomic mass is 15.0. The van der Waals surface area contributed by atoms with E-state index in [0.29, 0.717) is 0 Å². The highest BCUT2D eigenvalue weighted by Crippen LogP contribution is 2.33. The van der Waals surface area contributed by atoms with Gasteiger partial charge >= 0.3 is 0 Å². The minimum absolute atomic E-state index is 0.840. The molecule has 0 unspecified atom stereocenters. The van der Waals surface area contributed by atoms with E-state index < -0.39 is 0 Å². The third-order valence-electron chi connectivity index (χ3n) is 5.24. The van der Waals surface area contributed by atoms with Gasteiger partial charge in [-0.3, -0.25) is 0 Å². The maximum atomic E-state index is 4.59. The number of rotatable bonds is 4. The van der Waals surface area contributed by atoms with Crippen molar-refractivity contribution >= 4 is 27.8 Å². The lowest BCUT2D eigenvalue weighted by Gasteiger charge is -2.08. The largest absolute Gasteiger partial charge is 0.370 e. The lowest BCUT2D eigenvalue weighted by Crippen LogP contribution is -2.04. The Hall–Kier alpha value is -2.82. The number of H-pyrrole nitrogens is 1. The van der Waals surface area contributed by atoms with Crippen LogP contribution in [0.3, 0.4) is 0 Å². The summed E-state index contributed by atoms with van der Waals surface area (Å²) in [6.45, 7) is 3.18. The van der Waals surface area contributed by atoms with Crippen molar-refractivity contribution in [2.45, 2.75) is 19.8 Å². The lowest BCUT2D eigenvalue weighted by atomic mass is 10.0. The molecule has 1 saturated carbocycles. The zero-order valence-electron chi connectivity index (χ0n) is 14.5. The normalized spacial score (nSPS) is 14.5. The number of nitrogens with zero attached hydrogens (tertiary/aromatic N) is 3.